The number of unbranched alkanes of at least 4 members (excludes halogenated alkanes) is 22. The summed E-state index contributed by atoms with van der Waals surface area (Å²) in [7, 11) is 5.92. The Morgan fingerprint density at radius 1 is 0.309 bits per heavy atom. The van der Waals surface area contributed by atoms with E-state index in [-0.39, 0.29) is 38.6 Å². The molecule has 0 bridgehead atoms. The Morgan fingerprint density at radius 3 is 0.825 bits per heavy atom. The van der Waals surface area contributed by atoms with Crippen molar-refractivity contribution in [2.24, 2.45) is 0 Å². The van der Waals surface area contributed by atoms with E-state index in [2.05, 4.69) is 208 Å². The summed E-state index contributed by atoms with van der Waals surface area (Å²) >= 11 is 0. The highest BCUT2D eigenvalue weighted by Gasteiger charge is 2.22. The number of nitrogens with zero attached hydrogens (tertiary/aromatic N) is 1. The summed E-state index contributed by atoms with van der Waals surface area (Å²) in [6.07, 6.45) is 114. The second-order valence-electron chi connectivity index (χ2n) is 26.2. The number of allylic oxidation sites excluding steroid dienone is 32. The number of rotatable bonds is 69. The molecule has 0 heterocycles. The molecule has 0 aromatic heterocycles. The van der Waals surface area contributed by atoms with Gasteiger partial charge in [-0.2, -0.15) is 0 Å². The third-order valence-corrected chi connectivity index (χ3v) is 15.8. The van der Waals surface area contributed by atoms with Crippen LogP contribution in [0.5, 0.6) is 0 Å². The number of carboxylic acid groups (broad SMARTS) is 1. The topological polar surface area (TPSA) is 111 Å². The minimum Gasteiger partial charge on any atom is -0.545 e. The van der Waals surface area contributed by atoms with Gasteiger partial charge in [0.25, 0.3) is 0 Å². The summed E-state index contributed by atoms with van der Waals surface area (Å²) in [5, 5.41) is 11.9. The van der Waals surface area contributed by atoms with Crippen LogP contribution in [-0.4, -0.2) is 82.3 Å². The molecule has 0 saturated heterocycles. The molecule has 9 heteroatoms. The number of hydrogen-bond donors (Lipinski definition) is 0. The normalized spacial score (nSPS) is 13.8. The Balaban J connectivity index is 4.16. The van der Waals surface area contributed by atoms with Gasteiger partial charge in [-0.25, -0.2) is 0 Å². The van der Waals surface area contributed by atoms with Crippen molar-refractivity contribution in [2.75, 3.05) is 47.5 Å². The highest BCUT2D eigenvalue weighted by atomic mass is 16.7. The van der Waals surface area contributed by atoms with E-state index in [1.165, 1.54) is 103 Å². The van der Waals surface area contributed by atoms with E-state index in [9.17, 15) is 19.5 Å². The second kappa shape index (κ2) is 75.9. The van der Waals surface area contributed by atoms with Crippen LogP contribution in [0.2, 0.25) is 0 Å². The summed E-state index contributed by atoms with van der Waals surface area (Å²) < 4.78 is 22.8. The van der Waals surface area contributed by atoms with Gasteiger partial charge in [-0.15, -0.1) is 0 Å². The predicted octanol–water partition coefficient (Wildman–Crippen LogP) is 23.6. The van der Waals surface area contributed by atoms with Crippen LogP contribution in [0.25, 0.3) is 0 Å². The quantitative estimate of drug-likeness (QED) is 0.0195. The van der Waals surface area contributed by atoms with Gasteiger partial charge in [0.15, 0.2) is 12.4 Å². The molecular weight excluding hydrogens is 1200 g/mol. The highest BCUT2D eigenvalue weighted by Crippen LogP contribution is 2.16. The summed E-state index contributed by atoms with van der Waals surface area (Å²) in [5.41, 5.74) is 0. The molecule has 9 nitrogen and oxygen atoms in total. The van der Waals surface area contributed by atoms with Crippen molar-refractivity contribution in [3.05, 3.63) is 194 Å². The first-order valence-corrected chi connectivity index (χ1v) is 38.6. The lowest BCUT2D eigenvalue weighted by molar-refractivity contribution is -0.870. The van der Waals surface area contributed by atoms with Crippen LogP contribution < -0.4 is 5.11 Å². The maximum absolute atomic E-state index is 13.0. The second-order valence-corrected chi connectivity index (χ2v) is 26.2. The number of carbonyl (C=O) groups excluding carboxylic acids is 3. The van der Waals surface area contributed by atoms with Gasteiger partial charge in [0.2, 0.25) is 0 Å². The molecule has 546 valence electrons. The molecule has 0 aromatic carbocycles. The molecule has 0 amide bonds. The van der Waals surface area contributed by atoms with Crippen LogP contribution in [-0.2, 0) is 33.3 Å². The van der Waals surface area contributed by atoms with Crippen molar-refractivity contribution in [3.63, 3.8) is 0 Å². The van der Waals surface area contributed by atoms with Crippen LogP contribution in [0.15, 0.2) is 194 Å². The maximum Gasteiger partial charge on any atom is 0.306 e. The van der Waals surface area contributed by atoms with Gasteiger partial charge in [0, 0.05) is 12.8 Å². The van der Waals surface area contributed by atoms with Gasteiger partial charge in [-0.1, -0.05) is 324 Å². The lowest BCUT2D eigenvalue weighted by atomic mass is 10.0. The van der Waals surface area contributed by atoms with E-state index in [1.54, 1.807) is 0 Å². The summed E-state index contributed by atoms with van der Waals surface area (Å²) in [4.78, 5) is 37.6. The van der Waals surface area contributed by atoms with Gasteiger partial charge in [0.05, 0.1) is 40.3 Å². The van der Waals surface area contributed by atoms with Gasteiger partial charge in [-0.05, 0) is 141 Å². The molecule has 0 fully saturated rings. The Kier molecular flexibility index (Phi) is 71.3. The lowest BCUT2D eigenvalue weighted by Gasteiger charge is -2.26. The first-order valence-electron chi connectivity index (χ1n) is 38.6. The molecule has 0 aliphatic rings. The average molecular weight is 1340 g/mol. The van der Waals surface area contributed by atoms with Gasteiger partial charge >= 0.3 is 11.9 Å². The van der Waals surface area contributed by atoms with Crippen molar-refractivity contribution < 1.29 is 42.9 Å². The maximum atomic E-state index is 13.0. The summed E-state index contributed by atoms with van der Waals surface area (Å²) in [6.45, 7) is 4.50. The van der Waals surface area contributed by atoms with E-state index in [0.29, 0.717) is 17.4 Å². The molecule has 0 rings (SSSR count). The zero-order chi connectivity index (χ0) is 70.4. The number of carboxylic acids is 1. The minimum atomic E-state index is -1.64. The van der Waals surface area contributed by atoms with Gasteiger partial charge in [-0.3, -0.25) is 9.59 Å². The fourth-order valence-corrected chi connectivity index (χ4v) is 10.0. The fourth-order valence-electron chi connectivity index (χ4n) is 10.0. The number of quaternary nitrogens is 1. The highest BCUT2D eigenvalue weighted by molar-refractivity contribution is 5.70. The standard InChI is InChI=1S/C88H141NO8/c1-6-8-10-12-14-16-18-20-22-24-26-28-30-32-34-36-38-40-41-42-43-44-45-47-49-51-53-55-57-59-61-63-65-67-69-71-73-75-77-79-86(91)97-84(83-96-88(87(92)93)94-81-80-89(3,4)5)82-95-85(90)78-76-74-72-70-68-66-64-62-60-58-56-54-52-50-48-46-39-37-35-33-31-29-27-25-23-21-19-17-15-13-11-9-7-2/h8-11,14-17,20-23,26-29,32-35,38-40,42-43,45-47,51,53,57,59,84,88H,6-7,12-13,18-19,24-25,30-31,36-37,41,44,48-50,52,54-56,58,60-83H2,1-5H3/b10-8-,11-9-,16-14-,17-15-,22-20-,23-21-,28-26-,29-27-,34-32-,35-33-,40-38-,43-42-,46-39-,47-45-,53-51-,59-57-. The zero-order valence-electron chi connectivity index (χ0n) is 62.4. The molecule has 0 N–H and O–H groups in total. The molecule has 0 aliphatic carbocycles. The number of ether oxygens (including phenoxy) is 4. The Labute approximate surface area is 595 Å². The van der Waals surface area contributed by atoms with E-state index < -0.39 is 24.3 Å². The van der Waals surface area contributed by atoms with E-state index in [0.717, 1.165) is 148 Å². The minimum absolute atomic E-state index is 0.137. The first kappa shape index (κ1) is 91.1. The van der Waals surface area contributed by atoms with E-state index in [1.807, 2.05) is 21.1 Å². The van der Waals surface area contributed by atoms with E-state index in [4.69, 9.17) is 18.9 Å². The van der Waals surface area contributed by atoms with Gasteiger partial charge in [0.1, 0.15) is 13.2 Å². The molecule has 0 spiro atoms. The molecule has 2 unspecified atom stereocenters. The molecule has 2 atom stereocenters. The van der Waals surface area contributed by atoms with Crippen molar-refractivity contribution in [3.8, 4) is 0 Å². The molecule has 97 heavy (non-hydrogen) atoms. The van der Waals surface area contributed by atoms with Crippen LogP contribution in [0, 0.1) is 0 Å². The van der Waals surface area contributed by atoms with Gasteiger partial charge < -0.3 is 33.3 Å². The monoisotopic (exact) mass is 1340 g/mol. The van der Waals surface area contributed by atoms with Crippen molar-refractivity contribution in [1.29, 1.82) is 0 Å². The van der Waals surface area contributed by atoms with Crippen LogP contribution in [0.1, 0.15) is 284 Å². The molecule has 0 aliphatic heterocycles. The summed E-state index contributed by atoms with van der Waals surface area (Å²) in [6, 6.07) is 0. The Bertz CT molecular complexity index is 2310. The number of aliphatic carboxylic acids is 1. The SMILES string of the molecule is CC/C=C\C/C=C\C/C=C\C/C=C\C/C=C\C/C=C\C/C=C\C/C=C\C/C=C\C/C=C\CCCCCCCCCCC(=O)OC(COC(=O)CCCCCCCCCCCCCCCC/C=C\C/C=C\C/C=C\C/C=C\C/C=C\C/C=C\CC)COC(OCC[N+](C)(C)C)C(=O)[O-]. The molecule has 0 saturated carbocycles. The number of likely N-dealkylation sites (N-methyl/N-ethyl adjacent to an activating group) is 1. The number of carbonyl (C=O) groups is 3. The van der Waals surface area contributed by atoms with E-state index >= 15 is 0 Å². The zero-order valence-corrected chi connectivity index (χ0v) is 62.4. The largest absolute Gasteiger partial charge is 0.545 e. The fraction of sp³-hybridized carbons (Fsp3) is 0.602. The van der Waals surface area contributed by atoms with Crippen molar-refractivity contribution >= 4 is 17.9 Å². The number of hydrogen-bond acceptors (Lipinski definition) is 8. The molecule has 0 radical (unpaired) electrons. The van der Waals surface area contributed by atoms with Crippen LogP contribution >= 0.6 is 0 Å². The third kappa shape index (κ3) is 77.4. The predicted molar refractivity (Wildman–Crippen MR) is 416 cm³/mol. The average Bonchev–Trinajstić information content (AvgIpc) is 2.39. The number of esters is 2. The Morgan fingerprint density at radius 2 is 0.557 bits per heavy atom. The first-order chi connectivity index (χ1) is 47.6. The third-order valence-electron chi connectivity index (χ3n) is 15.8. The smallest absolute Gasteiger partial charge is 0.306 e. The van der Waals surface area contributed by atoms with Crippen LogP contribution in [0.3, 0.4) is 0 Å². The van der Waals surface area contributed by atoms with Crippen molar-refractivity contribution in [1.82, 2.24) is 0 Å². The van der Waals surface area contributed by atoms with Crippen LogP contribution in [0.4, 0.5) is 0 Å². The summed E-state index contributed by atoms with van der Waals surface area (Å²) in [5.74, 6) is -2.31. The van der Waals surface area contributed by atoms with Crippen molar-refractivity contribution in [2.45, 2.75) is 296 Å². The molecular formula is C88H141NO8. The lowest BCUT2D eigenvalue weighted by Crippen LogP contribution is -2.44. The molecule has 0 aromatic rings. The Hall–Kier alpha value is -5.87.